The molecule has 0 spiro atoms. The molecule has 0 bridgehead atoms. The predicted molar refractivity (Wildman–Crippen MR) is 102 cm³/mol. The fourth-order valence-electron chi connectivity index (χ4n) is 2.66. The van der Waals surface area contributed by atoms with Crippen LogP contribution >= 0.6 is 15.9 Å². The highest BCUT2D eigenvalue weighted by atomic mass is 79.9. The summed E-state index contributed by atoms with van der Waals surface area (Å²) in [6.07, 6.45) is 4.33. The zero-order chi connectivity index (χ0) is 18.2. The van der Waals surface area contributed by atoms with E-state index in [4.69, 9.17) is 4.74 Å². The second-order valence-electron chi connectivity index (χ2n) is 7.51. The van der Waals surface area contributed by atoms with Crippen LogP contribution in [0.25, 0.3) is 0 Å². The van der Waals surface area contributed by atoms with Crippen molar-refractivity contribution in [3.63, 3.8) is 0 Å². The minimum atomic E-state index is -0.664. The molecular weight excluding hydrogens is 368 g/mol. The third kappa shape index (κ3) is 6.21. The Kier molecular flexibility index (Phi) is 8.44. The summed E-state index contributed by atoms with van der Waals surface area (Å²) < 4.78 is 6.51. The van der Waals surface area contributed by atoms with E-state index in [0.717, 1.165) is 35.7 Å². The molecule has 0 aliphatic heterocycles. The molecule has 1 rings (SSSR count). The van der Waals surface area contributed by atoms with E-state index in [-0.39, 0.29) is 18.0 Å². The van der Waals surface area contributed by atoms with E-state index in [0.29, 0.717) is 13.0 Å². The van der Waals surface area contributed by atoms with Crippen LogP contribution in [0.1, 0.15) is 65.4 Å². The van der Waals surface area contributed by atoms with Crippen molar-refractivity contribution in [2.24, 2.45) is 5.41 Å². The summed E-state index contributed by atoms with van der Waals surface area (Å²) in [6.45, 7) is 8.77. The number of ether oxygens (including phenoxy) is 1. The molecule has 1 aromatic carbocycles. The van der Waals surface area contributed by atoms with Gasteiger partial charge in [-0.05, 0) is 49.3 Å². The van der Waals surface area contributed by atoms with Gasteiger partial charge in [0.15, 0.2) is 0 Å². The molecule has 4 heteroatoms. The largest absolute Gasteiger partial charge is 0.465 e. The van der Waals surface area contributed by atoms with E-state index in [1.165, 1.54) is 0 Å². The maximum absolute atomic E-state index is 12.8. The molecule has 3 nitrogen and oxygen atoms in total. The minimum Gasteiger partial charge on any atom is -0.465 e. The Morgan fingerprint density at radius 2 is 1.92 bits per heavy atom. The highest BCUT2D eigenvalue weighted by Crippen LogP contribution is 2.35. The highest BCUT2D eigenvalue weighted by molar-refractivity contribution is 9.10. The predicted octanol–water partition coefficient (Wildman–Crippen LogP) is 5.24. The van der Waals surface area contributed by atoms with Crippen molar-refractivity contribution >= 4 is 21.9 Å². The number of hydrogen-bond donors (Lipinski definition) is 1. The summed E-state index contributed by atoms with van der Waals surface area (Å²) in [4.78, 5) is 12.8. The van der Waals surface area contributed by atoms with Crippen molar-refractivity contribution in [3.05, 3.63) is 34.3 Å². The fourth-order valence-corrected chi connectivity index (χ4v) is 3.06. The third-order valence-corrected chi connectivity index (χ3v) is 5.09. The van der Waals surface area contributed by atoms with E-state index in [1.807, 2.05) is 45.0 Å². The van der Waals surface area contributed by atoms with Gasteiger partial charge in [0.25, 0.3) is 0 Å². The van der Waals surface area contributed by atoms with Gasteiger partial charge < -0.3 is 9.84 Å². The molecule has 1 unspecified atom stereocenters. The topological polar surface area (TPSA) is 46.5 Å². The summed E-state index contributed by atoms with van der Waals surface area (Å²) in [5.41, 5.74) is 0.188. The average Bonchev–Trinajstić information content (AvgIpc) is 2.54. The first kappa shape index (κ1) is 21.2. The van der Waals surface area contributed by atoms with E-state index in [9.17, 15) is 9.90 Å². The van der Waals surface area contributed by atoms with Gasteiger partial charge in [0.05, 0.1) is 12.0 Å². The van der Waals surface area contributed by atoms with Crippen molar-refractivity contribution in [1.29, 1.82) is 0 Å². The Labute approximate surface area is 154 Å². The molecule has 0 fully saturated rings. The number of unbranched alkanes of at least 4 members (excludes halogenated alkanes) is 1. The Morgan fingerprint density at radius 1 is 1.21 bits per heavy atom. The molecule has 0 saturated carbocycles. The molecule has 0 saturated heterocycles. The normalized spacial score (nSPS) is 14.2. The Bertz CT molecular complexity index is 527. The minimum absolute atomic E-state index is 0.121. The van der Waals surface area contributed by atoms with Gasteiger partial charge in [0.2, 0.25) is 0 Å². The summed E-state index contributed by atoms with van der Waals surface area (Å²) >= 11 is 3.49. The molecule has 24 heavy (non-hydrogen) atoms. The van der Waals surface area contributed by atoms with Gasteiger partial charge in [-0.3, -0.25) is 4.79 Å². The van der Waals surface area contributed by atoms with Crippen molar-refractivity contribution in [3.8, 4) is 0 Å². The first-order chi connectivity index (χ1) is 11.2. The lowest BCUT2D eigenvalue weighted by atomic mass is 9.76. The lowest BCUT2D eigenvalue weighted by molar-refractivity contribution is -0.150. The van der Waals surface area contributed by atoms with Crippen LogP contribution in [-0.2, 0) is 14.9 Å². The summed E-state index contributed by atoms with van der Waals surface area (Å²) in [7, 11) is 0. The van der Waals surface area contributed by atoms with Gasteiger partial charge >= 0.3 is 5.97 Å². The zero-order valence-electron chi connectivity index (χ0n) is 15.4. The summed E-state index contributed by atoms with van der Waals surface area (Å²) in [5.74, 6) is -0.157. The van der Waals surface area contributed by atoms with Gasteiger partial charge in [-0.15, -0.1) is 0 Å². The van der Waals surface area contributed by atoms with Crippen LogP contribution in [0.3, 0.4) is 0 Å². The molecule has 1 atom stereocenters. The van der Waals surface area contributed by atoms with Crippen LogP contribution in [0.5, 0.6) is 0 Å². The molecule has 0 radical (unpaired) electrons. The fraction of sp³-hybridized carbons (Fsp3) is 0.650. The van der Waals surface area contributed by atoms with Crippen LogP contribution in [0, 0.1) is 5.41 Å². The monoisotopic (exact) mass is 398 g/mol. The molecule has 0 heterocycles. The number of aliphatic hydroxyl groups excluding tert-OH is 1. The highest BCUT2D eigenvalue weighted by Gasteiger charge is 2.37. The maximum Gasteiger partial charge on any atom is 0.316 e. The SMILES string of the molecule is CCCCOC(=O)C(C)(CCCC(C)(C)CO)c1cccc(Br)c1. The third-order valence-electron chi connectivity index (χ3n) is 4.60. The van der Waals surface area contributed by atoms with E-state index >= 15 is 0 Å². The molecule has 0 amide bonds. The van der Waals surface area contributed by atoms with Crippen molar-refractivity contribution in [2.45, 2.75) is 65.2 Å². The second kappa shape index (κ2) is 9.57. The molecule has 0 aliphatic carbocycles. The number of benzene rings is 1. The second-order valence-corrected chi connectivity index (χ2v) is 8.42. The number of hydrogen-bond acceptors (Lipinski definition) is 3. The molecule has 136 valence electrons. The Hall–Kier alpha value is -0.870. The molecule has 1 aromatic rings. The number of halogens is 1. The van der Waals surface area contributed by atoms with Crippen molar-refractivity contribution < 1.29 is 14.6 Å². The quantitative estimate of drug-likeness (QED) is 0.432. The molecular formula is C20H31BrO3. The molecule has 0 aromatic heterocycles. The van der Waals surface area contributed by atoms with Crippen LogP contribution in [-0.4, -0.2) is 24.3 Å². The van der Waals surface area contributed by atoms with Crippen LogP contribution in [0.4, 0.5) is 0 Å². The first-order valence-electron chi connectivity index (χ1n) is 8.79. The number of carbonyl (C=O) groups is 1. The summed E-state index contributed by atoms with van der Waals surface area (Å²) in [5, 5.41) is 9.43. The van der Waals surface area contributed by atoms with E-state index in [2.05, 4.69) is 22.9 Å². The zero-order valence-corrected chi connectivity index (χ0v) is 17.0. The first-order valence-corrected chi connectivity index (χ1v) is 9.58. The van der Waals surface area contributed by atoms with Crippen LogP contribution in [0.2, 0.25) is 0 Å². The number of esters is 1. The van der Waals surface area contributed by atoms with Crippen molar-refractivity contribution in [2.75, 3.05) is 13.2 Å². The Morgan fingerprint density at radius 3 is 2.50 bits per heavy atom. The van der Waals surface area contributed by atoms with Crippen LogP contribution in [0.15, 0.2) is 28.7 Å². The van der Waals surface area contributed by atoms with Gasteiger partial charge in [0, 0.05) is 11.1 Å². The van der Waals surface area contributed by atoms with E-state index in [1.54, 1.807) is 0 Å². The maximum atomic E-state index is 12.8. The van der Waals surface area contributed by atoms with E-state index < -0.39 is 5.41 Å². The summed E-state index contributed by atoms with van der Waals surface area (Å²) in [6, 6.07) is 7.90. The smallest absolute Gasteiger partial charge is 0.316 e. The lowest BCUT2D eigenvalue weighted by Gasteiger charge is -2.30. The van der Waals surface area contributed by atoms with Crippen molar-refractivity contribution in [1.82, 2.24) is 0 Å². The molecule has 0 aliphatic rings. The number of rotatable bonds is 10. The van der Waals surface area contributed by atoms with Gasteiger partial charge in [-0.2, -0.15) is 0 Å². The average molecular weight is 399 g/mol. The van der Waals surface area contributed by atoms with Gasteiger partial charge in [0.1, 0.15) is 0 Å². The lowest BCUT2D eigenvalue weighted by Crippen LogP contribution is -2.35. The standard InChI is InChI=1S/C20H31BrO3/c1-5-6-13-24-18(23)20(4,12-8-11-19(2,3)15-22)16-9-7-10-17(21)14-16/h7,9-10,14,22H,5-6,8,11-13,15H2,1-4H3. The number of aliphatic hydroxyl groups is 1. The van der Waals surface area contributed by atoms with Gasteiger partial charge in [-0.25, -0.2) is 0 Å². The van der Waals surface area contributed by atoms with Crippen LogP contribution < -0.4 is 0 Å². The number of carbonyl (C=O) groups excluding carboxylic acids is 1. The molecule has 1 N–H and O–H groups in total. The van der Waals surface area contributed by atoms with Gasteiger partial charge in [-0.1, -0.05) is 61.7 Å². The Balaban J connectivity index is 2.92.